The second kappa shape index (κ2) is 4.32. The van der Waals surface area contributed by atoms with Gasteiger partial charge in [0.1, 0.15) is 0 Å². The molecule has 2 fully saturated rings. The summed E-state index contributed by atoms with van der Waals surface area (Å²) < 4.78 is 0. The smallest absolute Gasteiger partial charge is 0.0334 e. The molecule has 1 aromatic rings. The van der Waals surface area contributed by atoms with Crippen LogP contribution in [0.3, 0.4) is 0 Å². The van der Waals surface area contributed by atoms with E-state index in [-0.39, 0.29) is 0 Å². The Bertz CT molecular complexity index is 484. The first-order chi connectivity index (χ1) is 9.27. The Balaban J connectivity index is 1.72. The monoisotopic (exact) mass is 256 g/mol. The SMILES string of the molecule is Cc1ccc2c(c1)[C@@H](NC1CC1)CC21CCNCC1. The van der Waals surface area contributed by atoms with Crippen LogP contribution in [0.4, 0.5) is 0 Å². The van der Waals surface area contributed by atoms with Gasteiger partial charge in [-0.1, -0.05) is 23.8 Å². The first-order valence-electron chi connectivity index (χ1n) is 7.85. The van der Waals surface area contributed by atoms with Gasteiger partial charge in [-0.15, -0.1) is 0 Å². The van der Waals surface area contributed by atoms with Crippen molar-refractivity contribution in [3.63, 3.8) is 0 Å². The molecule has 19 heavy (non-hydrogen) atoms. The minimum atomic E-state index is 0.459. The Morgan fingerprint density at radius 3 is 2.74 bits per heavy atom. The largest absolute Gasteiger partial charge is 0.317 e. The maximum Gasteiger partial charge on any atom is 0.0334 e. The van der Waals surface area contributed by atoms with Crippen LogP contribution in [-0.4, -0.2) is 19.1 Å². The van der Waals surface area contributed by atoms with Crippen molar-refractivity contribution in [2.24, 2.45) is 0 Å². The fourth-order valence-corrected chi connectivity index (χ4v) is 4.13. The maximum atomic E-state index is 3.89. The van der Waals surface area contributed by atoms with Crippen LogP contribution in [0, 0.1) is 6.92 Å². The highest BCUT2D eigenvalue weighted by molar-refractivity contribution is 5.45. The van der Waals surface area contributed by atoms with Gasteiger partial charge in [0.25, 0.3) is 0 Å². The van der Waals surface area contributed by atoms with Gasteiger partial charge >= 0.3 is 0 Å². The zero-order valence-electron chi connectivity index (χ0n) is 11.8. The predicted octanol–water partition coefficient (Wildman–Crippen LogP) is 2.81. The van der Waals surface area contributed by atoms with E-state index in [0.29, 0.717) is 11.5 Å². The number of benzene rings is 1. The molecular weight excluding hydrogens is 232 g/mol. The Kier molecular flexibility index (Phi) is 2.71. The van der Waals surface area contributed by atoms with E-state index in [1.165, 1.54) is 50.8 Å². The molecule has 2 heteroatoms. The van der Waals surface area contributed by atoms with Crippen LogP contribution in [0.2, 0.25) is 0 Å². The van der Waals surface area contributed by atoms with Crippen molar-refractivity contribution in [1.82, 2.24) is 10.6 Å². The summed E-state index contributed by atoms with van der Waals surface area (Å²) in [6.07, 6.45) is 6.71. The van der Waals surface area contributed by atoms with E-state index in [9.17, 15) is 0 Å². The standard InChI is InChI=1S/C17H24N2/c1-12-2-5-15-14(10-12)16(19-13-3-4-13)11-17(15)6-8-18-9-7-17/h2,5,10,13,16,18-19H,3-4,6-9,11H2,1H3/t16-/m0/s1. The van der Waals surface area contributed by atoms with Crippen molar-refractivity contribution >= 4 is 0 Å². The summed E-state index contributed by atoms with van der Waals surface area (Å²) in [5, 5.41) is 7.41. The van der Waals surface area contributed by atoms with Gasteiger partial charge in [0, 0.05) is 12.1 Å². The van der Waals surface area contributed by atoms with Crippen LogP contribution >= 0.6 is 0 Å². The zero-order chi connectivity index (χ0) is 12.9. The first kappa shape index (κ1) is 11.9. The van der Waals surface area contributed by atoms with Crippen LogP contribution < -0.4 is 10.6 Å². The average molecular weight is 256 g/mol. The van der Waals surface area contributed by atoms with E-state index in [1.807, 2.05) is 0 Å². The van der Waals surface area contributed by atoms with E-state index >= 15 is 0 Å². The molecule has 0 bridgehead atoms. The van der Waals surface area contributed by atoms with Gasteiger partial charge in [-0.25, -0.2) is 0 Å². The Morgan fingerprint density at radius 2 is 2.00 bits per heavy atom. The minimum absolute atomic E-state index is 0.459. The molecular formula is C17H24N2. The molecule has 3 aliphatic rings. The van der Waals surface area contributed by atoms with Gasteiger partial charge in [-0.3, -0.25) is 0 Å². The zero-order valence-corrected chi connectivity index (χ0v) is 11.8. The second-order valence-electron chi connectivity index (χ2n) is 6.82. The molecule has 0 amide bonds. The van der Waals surface area contributed by atoms with E-state index in [2.05, 4.69) is 35.8 Å². The van der Waals surface area contributed by atoms with E-state index < -0.39 is 0 Å². The molecule has 102 valence electrons. The lowest BCUT2D eigenvalue weighted by molar-refractivity contribution is 0.282. The lowest BCUT2D eigenvalue weighted by Crippen LogP contribution is -2.39. The fraction of sp³-hybridized carbons (Fsp3) is 0.647. The number of piperidine rings is 1. The molecule has 4 rings (SSSR count). The summed E-state index contributed by atoms with van der Waals surface area (Å²) in [5.74, 6) is 0. The summed E-state index contributed by atoms with van der Waals surface area (Å²) in [6.45, 7) is 4.59. The third kappa shape index (κ3) is 2.02. The van der Waals surface area contributed by atoms with Crippen molar-refractivity contribution < 1.29 is 0 Å². The lowest BCUT2D eigenvalue weighted by atomic mass is 9.74. The third-order valence-electron chi connectivity index (χ3n) is 5.32. The number of nitrogens with one attached hydrogen (secondary N) is 2. The summed E-state index contributed by atoms with van der Waals surface area (Å²) in [5.41, 5.74) is 5.12. The lowest BCUT2D eigenvalue weighted by Gasteiger charge is -2.35. The molecule has 2 N–H and O–H groups in total. The van der Waals surface area contributed by atoms with E-state index in [0.717, 1.165) is 6.04 Å². The van der Waals surface area contributed by atoms with Crippen molar-refractivity contribution in [3.05, 3.63) is 34.9 Å². The van der Waals surface area contributed by atoms with Crippen molar-refractivity contribution in [2.75, 3.05) is 13.1 Å². The Morgan fingerprint density at radius 1 is 1.21 bits per heavy atom. The molecule has 0 aromatic heterocycles. The Labute approximate surface area is 116 Å². The van der Waals surface area contributed by atoms with Crippen LogP contribution in [0.1, 0.15) is 54.8 Å². The van der Waals surface area contributed by atoms with Crippen LogP contribution in [0.15, 0.2) is 18.2 Å². The molecule has 1 aromatic carbocycles. The molecule has 1 saturated carbocycles. The molecule has 1 atom stereocenters. The molecule has 2 aliphatic carbocycles. The Hall–Kier alpha value is -0.860. The average Bonchev–Trinajstić information content (AvgIpc) is 3.18. The molecule has 1 aliphatic heterocycles. The highest BCUT2D eigenvalue weighted by Crippen LogP contribution is 2.50. The number of aryl methyl sites for hydroxylation is 1. The summed E-state index contributed by atoms with van der Waals surface area (Å²) in [4.78, 5) is 0. The summed E-state index contributed by atoms with van der Waals surface area (Å²) in [6, 6.07) is 8.58. The van der Waals surface area contributed by atoms with Gasteiger partial charge in [0.2, 0.25) is 0 Å². The number of rotatable bonds is 2. The van der Waals surface area contributed by atoms with Gasteiger partial charge in [0.05, 0.1) is 0 Å². The van der Waals surface area contributed by atoms with Gasteiger partial charge in [-0.2, -0.15) is 0 Å². The summed E-state index contributed by atoms with van der Waals surface area (Å²) >= 11 is 0. The predicted molar refractivity (Wildman–Crippen MR) is 78.5 cm³/mol. The minimum Gasteiger partial charge on any atom is -0.317 e. The van der Waals surface area contributed by atoms with Crippen molar-refractivity contribution in [1.29, 1.82) is 0 Å². The van der Waals surface area contributed by atoms with Crippen LogP contribution in [-0.2, 0) is 5.41 Å². The number of hydrogen-bond donors (Lipinski definition) is 2. The van der Waals surface area contributed by atoms with E-state index in [4.69, 9.17) is 0 Å². The molecule has 1 heterocycles. The highest BCUT2D eigenvalue weighted by Gasteiger charge is 2.45. The first-order valence-corrected chi connectivity index (χ1v) is 7.85. The topological polar surface area (TPSA) is 24.1 Å². The highest BCUT2D eigenvalue weighted by atomic mass is 15.0. The quantitative estimate of drug-likeness (QED) is 0.850. The number of fused-ring (bicyclic) bond motifs is 2. The van der Waals surface area contributed by atoms with E-state index in [1.54, 1.807) is 11.1 Å². The van der Waals surface area contributed by atoms with Gasteiger partial charge in [0.15, 0.2) is 0 Å². The summed E-state index contributed by atoms with van der Waals surface area (Å²) in [7, 11) is 0. The van der Waals surface area contributed by atoms with Crippen molar-refractivity contribution in [3.8, 4) is 0 Å². The van der Waals surface area contributed by atoms with Gasteiger partial charge in [-0.05, 0) is 68.7 Å². The van der Waals surface area contributed by atoms with Crippen LogP contribution in [0.5, 0.6) is 0 Å². The van der Waals surface area contributed by atoms with Crippen LogP contribution in [0.25, 0.3) is 0 Å². The molecule has 2 nitrogen and oxygen atoms in total. The normalized spacial score (nSPS) is 28.6. The fourth-order valence-electron chi connectivity index (χ4n) is 4.13. The molecule has 1 spiro atoms. The van der Waals surface area contributed by atoms with Crippen molar-refractivity contribution in [2.45, 2.75) is 56.5 Å². The third-order valence-corrected chi connectivity index (χ3v) is 5.32. The molecule has 0 unspecified atom stereocenters. The van der Waals surface area contributed by atoms with Gasteiger partial charge < -0.3 is 10.6 Å². The molecule has 0 radical (unpaired) electrons. The number of hydrogen-bond acceptors (Lipinski definition) is 2. The molecule has 1 saturated heterocycles. The maximum absolute atomic E-state index is 3.89. The second-order valence-corrected chi connectivity index (χ2v) is 6.82.